The van der Waals surface area contributed by atoms with Gasteiger partial charge in [-0.05, 0) is 31.2 Å². The number of fused-ring (bicyclic) bond motifs is 1. The number of rotatable bonds is 4. The summed E-state index contributed by atoms with van der Waals surface area (Å²) in [7, 11) is 2.01. The van der Waals surface area contributed by atoms with Gasteiger partial charge in [0, 0.05) is 13.5 Å². The Morgan fingerprint density at radius 2 is 2.25 bits per heavy atom. The molecule has 86 valence electrons. The Balaban J connectivity index is 2.13. The van der Waals surface area contributed by atoms with Crippen molar-refractivity contribution in [1.29, 1.82) is 0 Å². The minimum Gasteiger partial charge on any atom is -0.441 e. The van der Waals surface area contributed by atoms with E-state index in [1.807, 2.05) is 20.0 Å². The second-order valence-corrected chi connectivity index (χ2v) is 4.22. The van der Waals surface area contributed by atoms with E-state index in [0.717, 1.165) is 24.1 Å². The molecular weight excluding hydrogens is 224 g/mol. The molecule has 0 aliphatic carbocycles. The van der Waals surface area contributed by atoms with Crippen molar-refractivity contribution in [2.45, 2.75) is 13.3 Å². The number of aryl methyl sites for hydroxylation is 1. The molecule has 0 aliphatic heterocycles. The van der Waals surface area contributed by atoms with Gasteiger partial charge < -0.3 is 4.42 Å². The van der Waals surface area contributed by atoms with Crippen molar-refractivity contribution in [2.24, 2.45) is 0 Å². The predicted molar refractivity (Wildman–Crippen MR) is 65.8 cm³/mol. The highest BCUT2D eigenvalue weighted by atomic mass is 35.5. The molecule has 16 heavy (non-hydrogen) atoms. The van der Waals surface area contributed by atoms with Crippen LogP contribution in [0, 0.1) is 6.92 Å². The molecule has 1 aromatic heterocycles. The molecule has 0 N–H and O–H groups in total. The first-order valence-electron chi connectivity index (χ1n) is 5.29. The van der Waals surface area contributed by atoms with Crippen molar-refractivity contribution in [3.05, 3.63) is 29.7 Å². The molecule has 0 unspecified atom stereocenters. The maximum atomic E-state index is 5.72. The Hall–Kier alpha value is -1.06. The summed E-state index contributed by atoms with van der Waals surface area (Å²) >= 11 is 5.72. The summed E-state index contributed by atoms with van der Waals surface area (Å²) < 4.78 is 5.43. The number of aromatic nitrogens is 1. The summed E-state index contributed by atoms with van der Waals surface area (Å²) in [5.41, 5.74) is 3.05. The fourth-order valence-corrected chi connectivity index (χ4v) is 1.74. The molecule has 0 spiro atoms. The van der Waals surface area contributed by atoms with Gasteiger partial charge in [0.15, 0.2) is 11.5 Å². The van der Waals surface area contributed by atoms with Crippen LogP contribution in [0.2, 0.25) is 0 Å². The highest BCUT2D eigenvalue weighted by molar-refractivity contribution is 6.17. The Kier molecular flexibility index (Phi) is 3.46. The van der Waals surface area contributed by atoms with Crippen LogP contribution in [0.3, 0.4) is 0 Å². The van der Waals surface area contributed by atoms with Crippen LogP contribution in [-0.2, 0) is 6.42 Å². The SMILES string of the molecule is Cc1nc2cc(CCN(C)CCl)ccc2o1. The molecule has 0 atom stereocenters. The lowest BCUT2D eigenvalue weighted by Gasteiger charge is -2.11. The van der Waals surface area contributed by atoms with Gasteiger partial charge >= 0.3 is 0 Å². The zero-order valence-electron chi connectivity index (χ0n) is 9.53. The van der Waals surface area contributed by atoms with Gasteiger partial charge in [-0.25, -0.2) is 4.98 Å². The fraction of sp³-hybridized carbons (Fsp3) is 0.417. The minimum atomic E-state index is 0.561. The van der Waals surface area contributed by atoms with Gasteiger partial charge in [-0.2, -0.15) is 0 Å². The van der Waals surface area contributed by atoms with Crippen molar-refractivity contribution in [3.8, 4) is 0 Å². The highest BCUT2D eigenvalue weighted by Gasteiger charge is 2.03. The molecule has 0 aliphatic rings. The lowest BCUT2D eigenvalue weighted by molar-refractivity contribution is 0.394. The standard InChI is InChI=1S/C12H15ClN2O/c1-9-14-11-7-10(3-4-12(11)16-9)5-6-15(2)8-13/h3-4,7H,5-6,8H2,1-2H3. The lowest BCUT2D eigenvalue weighted by atomic mass is 10.1. The third kappa shape index (κ3) is 2.54. The van der Waals surface area contributed by atoms with Crippen LogP contribution in [0.15, 0.2) is 22.6 Å². The van der Waals surface area contributed by atoms with E-state index in [2.05, 4.69) is 22.0 Å². The van der Waals surface area contributed by atoms with Crippen molar-refractivity contribution >= 4 is 22.7 Å². The van der Waals surface area contributed by atoms with E-state index in [-0.39, 0.29) is 0 Å². The molecular formula is C12H15ClN2O. The van der Waals surface area contributed by atoms with Gasteiger partial charge in [-0.3, -0.25) is 4.90 Å². The van der Waals surface area contributed by atoms with Crippen LogP contribution in [0.5, 0.6) is 0 Å². The van der Waals surface area contributed by atoms with Crippen LogP contribution in [0.4, 0.5) is 0 Å². The Morgan fingerprint density at radius 3 is 3.00 bits per heavy atom. The number of nitrogens with zero attached hydrogens (tertiary/aromatic N) is 2. The normalized spacial score (nSPS) is 11.5. The molecule has 0 fully saturated rings. The number of likely N-dealkylation sites (N-methyl/N-ethyl adjacent to an activating group) is 1. The number of halogens is 1. The summed E-state index contributed by atoms with van der Waals surface area (Å²) in [6.45, 7) is 2.81. The zero-order valence-corrected chi connectivity index (χ0v) is 10.3. The van der Waals surface area contributed by atoms with Crippen molar-refractivity contribution in [3.63, 3.8) is 0 Å². The molecule has 4 heteroatoms. The summed E-state index contributed by atoms with van der Waals surface area (Å²) in [6, 6.07) is 6.69. The largest absolute Gasteiger partial charge is 0.441 e. The molecule has 1 aromatic carbocycles. The molecule has 0 saturated carbocycles. The van der Waals surface area contributed by atoms with E-state index >= 15 is 0 Å². The average Bonchev–Trinajstić information content (AvgIpc) is 2.65. The zero-order chi connectivity index (χ0) is 11.5. The minimum absolute atomic E-state index is 0.561. The number of hydrogen-bond acceptors (Lipinski definition) is 3. The fourth-order valence-electron chi connectivity index (χ4n) is 1.62. The highest BCUT2D eigenvalue weighted by Crippen LogP contribution is 2.17. The van der Waals surface area contributed by atoms with Crippen LogP contribution in [0.1, 0.15) is 11.5 Å². The average molecular weight is 239 g/mol. The molecule has 0 radical (unpaired) electrons. The van der Waals surface area contributed by atoms with Crippen molar-refractivity contribution in [2.75, 3.05) is 19.6 Å². The second-order valence-electron chi connectivity index (χ2n) is 3.98. The van der Waals surface area contributed by atoms with Crippen molar-refractivity contribution in [1.82, 2.24) is 9.88 Å². The Labute approximate surface area is 100 Å². The van der Waals surface area contributed by atoms with Crippen LogP contribution in [-0.4, -0.2) is 29.5 Å². The number of hydrogen-bond donors (Lipinski definition) is 0. The first-order valence-corrected chi connectivity index (χ1v) is 5.83. The number of oxazole rings is 1. The van der Waals surface area contributed by atoms with E-state index in [1.165, 1.54) is 5.56 Å². The third-order valence-corrected chi connectivity index (χ3v) is 2.95. The summed E-state index contributed by atoms with van der Waals surface area (Å²) in [5.74, 6) is 0.713. The van der Waals surface area contributed by atoms with Gasteiger partial charge in [-0.1, -0.05) is 6.07 Å². The summed E-state index contributed by atoms with van der Waals surface area (Å²) in [6.07, 6.45) is 0.977. The van der Waals surface area contributed by atoms with Crippen LogP contribution in [0.25, 0.3) is 11.1 Å². The first-order chi connectivity index (χ1) is 7.69. The Morgan fingerprint density at radius 1 is 1.44 bits per heavy atom. The second kappa shape index (κ2) is 4.85. The van der Waals surface area contributed by atoms with Gasteiger partial charge in [0.05, 0.1) is 6.00 Å². The van der Waals surface area contributed by atoms with Gasteiger partial charge in [-0.15, -0.1) is 11.6 Å². The molecule has 2 aromatic rings. The summed E-state index contributed by atoms with van der Waals surface area (Å²) in [4.78, 5) is 6.38. The van der Waals surface area contributed by atoms with Crippen LogP contribution < -0.4 is 0 Å². The predicted octanol–water partition coefficient (Wildman–Crippen LogP) is 2.81. The van der Waals surface area contributed by atoms with Gasteiger partial charge in [0.2, 0.25) is 0 Å². The topological polar surface area (TPSA) is 29.3 Å². The quantitative estimate of drug-likeness (QED) is 0.606. The maximum absolute atomic E-state index is 5.72. The molecule has 0 amide bonds. The van der Waals surface area contributed by atoms with E-state index in [1.54, 1.807) is 0 Å². The van der Waals surface area contributed by atoms with Crippen molar-refractivity contribution < 1.29 is 4.42 Å². The summed E-state index contributed by atoms with van der Waals surface area (Å²) in [5, 5.41) is 0. The molecule has 3 nitrogen and oxygen atoms in total. The number of benzene rings is 1. The maximum Gasteiger partial charge on any atom is 0.192 e. The smallest absolute Gasteiger partial charge is 0.192 e. The number of alkyl halides is 1. The monoisotopic (exact) mass is 238 g/mol. The van der Waals surface area contributed by atoms with E-state index in [0.29, 0.717) is 11.9 Å². The molecule has 1 heterocycles. The molecule has 0 bridgehead atoms. The lowest BCUT2D eigenvalue weighted by Crippen LogP contribution is -2.19. The van der Waals surface area contributed by atoms with Crippen LogP contribution >= 0.6 is 11.6 Å². The van der Waals surface area contributed by atoms with Gasteiger partial charge in [0.25, 0.3) is 0 Å². The first kappa shape index (κ1) is 11.4. The van der Waals surface area contributed by atoms with E-state index < -0.39 is 0 Å². The van der Waals surface area contributed by atoms with E-state index in [4.69, 9.17) is 16.0 Å². The Bertz CT molecular complexity index is 481. The van der Waals surface area contributed by atoms with Gasteiger partial charge in [0.1, 0.15) is 5.52 Å². The van der Waals surface area contributed by atoms with E-state index in [9.17, 15) is 0 Å². The third-order valence-electron chi connectivity index (χ3n) is 2.55. The molecule has 2 rings (SSSR count). The molecule has 0 saturated heterocycles.